The normalized spacial score (nSPS) is 15.5. The Morgan fingerprint density at radius 3 is 0.897 bits per heavy atom. The molecule has 4 aliphatic rings. The van der Waals surface area contributed by atoms with Gasteiger partial charge in [0.1, 0.15) is 0 Å². The van der Waals surface area contributed by atoms with E-state index in [0.717, 1.165) is 0 Å². The molecule has 2 N–H and O–H groups in total. The predicted octanol–water partition coefficient (Wildman–Crippen LogP) is 15.2. The first-order valence-electron chi connectivity index (χ1n) is 22.3. The van der Waals surface area contributed by atoms with Gasteiger partial charge >= 0.3 is 0 Å². The second-order valence-corrected chi connectivity index (χ2v) is 17.8. The molecule has 0 spiro atoms. The smallest absolute Gasteiger partial charge is 0.200 e. The lowest BCUT2D eigenvalue weighted by Gasteiger charge is -2.18. The molecule has 78 heavy (non-hydrogen) atoms. The molecule has 1 fully saturated rings. The summed E-state index contributed by atoms with van der Waals surface area (Å²) in [6.45, 7) is -0.862. The minimum atomic E-state index is -2.71. The number of fused-ring (bicyclic) bond motifs is 11. The monoisotopic (exact) mass is 1110 g/mol. The van der Waals surface area contributed by atoms with Crippen LogP contribution in [-0.4, -0.2) is 37.9 Å². The molecule has 0 aliphatic carbocycles. The van der Waals surface area contributed by atoms with Gasteiger partial charge in [0.15, 0.2) is 93.1 Å². The molecule has 2 atom stereocenters. The average molecular weight is 1110 g/mol. The van der Waals surface area contributed by atoms with Crippen molar-refractivity contribution >= 4 is 35.3 Å². The van der Waals surface area contributed by atoms with E-state index in [1.165, 1.54) is 0 Å². The Kier molecular flexibility index (Phi) is 12.3. The average Bonchev–Trinajstić information content (AvgIpc) is 4.34. The number of benzene rings is 5. The van der Waals surface area contributed by atoms with E-state index >= 15 is 70.2 Å². The number of aromatic amines is 2. The summed E-state index contributed by atoms with van der Waals surface area (Å²) in [6, 6.07) is 9.36. The third-order valence-corrected chi connectivity index (χ3v) is 13.6. The lowest BCUT2D eigenvalue weighted by atomic mass is 9.86. The maximum Gasteiger partial charge on any atom is 0.200 e. The van der Waals surface area contributed by atoms with Gasteiger partial charge in [0, 0.05) is 76.1 Å². The quantitative estimate of drug-likeness (QED) is 0.0991. The van der Waals surface area contributed by atoms with Crippen molar-refractivity contribution < 1.29 is 87.8 Å². The summed E-state index contributed by atoms with van der Waals surface area (Å²) >= 11 is 0. The Morgan fingerprint density at radius 2 is 0.590 bits per heavy atom. The lowest BCUT2D eigenvalue weighted by Crippen LogP contribution is -2.21. The summed E-state index contributed by atoms with van der Waals surface area (Å²) in [6.07, 6.45) is 2.68. The summed E-state index contributed by atoms with van der Waals surface area (Å²) < 4.78 is 312. The van der Waals surface area contributed by atoms with Crippen molar-refractivity contribution in [3.63, 3.8) is 0 Å². The third-order valence-electron chi connectivity index (χ3n) is 13.6. The highest BCUT2D eigenvalue weighted by molar-refractivity contribution is 5.97. The highest BCUT2D eigenvalue weighted by Gasteiger charge is 2.46. The van der Waals surface area contributed by atoms with Crippen LogP contribution in [-0.2, 0) is 6.54 Å². The van der Waals surface area contributed by atoms with Crippen LogP contribution in [0.4, 0.5) is 87.8 Å². The van der Waals surface area contributed by atoms with Gasteiger partial charge in [-0.3, -0.25) is 4.90 Å². The molecule has 11 rings (SSSR count). The fourth-order valence-electron chi connectivity index (χ4n) is 10.1. The van der Waals surface area contributed by atoms with Crippen molar-refractivity contribution in [1.82, 2.24) is 24.8 Å². The van der Waals surface area contributed by atoms with Crippen LogP contribution in [0.1, 0.15) is 51.6 Å². The van der Waals surface area contributed by atoms with E-state index in [4.69, 9.17) is 0 Å². The molecular weight excluding hydrogens is 1090 g/mol. The molecular formula is C53H21F20N5. The molecule has 6 heterocycles. The number of likely N-dealkylation sites (tertiary alicyclic amines) is 1. The highest BCUT2D eigenvalue weighted by atomic mass is 19.2. The summed E-state index contributed by atoms with van der Waals surface area (Å²) in [7, 11) is 0. The molecule has 2 aromatic heterocycles. The minimum absolute atomic E-state index is 0.0701. The lowest BCUT2D eigenvalue weighted by molar-refractivity contribution is 0.321. The van der Waals surface area contributed by atoms with Gasteiger partial charge in [0.2, 0.25) is 23.3 Å². The van der Waals surface area contributed by atoms with Crippen LogP contribution in [0, 0.1) is 116 Å². The van der Waals surface area contributed by atoms with Crippen molar-refractivity contribution in [2.45, 2.75) is 18.4 Å². The number of halogens is 20. The Balaban J connectivity index is 1.42. The summed E-state index contributed by atoms with van der Waals surface area (Å²) in [5, 5.41) is 0. The van der Waals surface area contributed by atoms with E-state index < -0.39 is 231 Å². The Labute approximate surface area is 421 Å². The Morgan fingerprint density at radius 1 is 0.321 bits per heavy atom. The molecule has 0 unspecified atom stereocenters. The molecule has 5 nitrogen and oxygen atoms in total. The van der Waals surface area contributed by atoms with Gasteiger partial charge in [-0.1, -0.05) is 30.3 Å². The van der Waals surface area contributed by atoms with Gasteiger partial charge in [-0.05, 0) is 42.0 Å². The number of hydrogen-bond donors (Lipinski definition) is 2. The first-order valence-corrected chi connectivity index (χ1v) is 22.3. The van der Waals surface area contributed by atoms with Gasteiger partial charge in [-0.25, -0.2) is 97.8 Å². The molecule has 8 bridgehead atoms. The largest absolute Gasteiger partial charge is 0.361 e. The summed E-state index contributed by atoms with van der Waals surface area (Å²) in [5.74, 6) is -55.3. The van der Waals surface area contributed by atoms with E-state index in [-0.39, 0.29) is 6.54 Å². The predicted molar refractivity (Wildman–Crippen MR) is 238 cm³/mol. The van der Waals surface area contributed by atoms with Gasteiger partial charge in [0.25, 0.3) is 0 Å². The number of H-pyrrole nitrogens is 2. The summed E-state index contributed by atoms with van der Waals surface area (Å²) in [4.78, 5) is 14.8. The van der Waals surface area contributed by atoms with Gasteiger partial charge in [0.05, 0.1) is 45.0 Å². The van der Waals surface area contributed by atoms with E-state index in [0.29, 0.717) is 42.0 Å². The zero-order chi connectivity index (χ0) is 55.8. The maximum absolute atomic E-state index is 16.5. The fraction of sp³-hybridized carbons (Fsp3) is 0.0943. The van der Waals surface area contributed by atoms with Crippen molar-refractivity contribution in [2.24, 2.45) is 0 Å². The Bertz CT molecular complexity index is 3760. The van der Waals surface area contributed by atoms with E-state index in [1.54, 1.807) is 35.2 Å². The van der Waals surface area contributed by atoms with Crippen LogP contribution >= 0.6 is 0 Å². The van der Waals surface area contributed by atoms with Crippen LogP contribution in [0.2, 0.25) is 0 Å². The number of nitrogens with one attached hydrogen (secondary N) is 2. The molecule has 5 aromatic carbocycles. The zero-order valence-corrected chi connectivity index (χ0v) is 38.0. The van der Waals surface area contributed by atoms with E-state index in [9.17, 15) is 17.6 Å². The molecule has 0 amide bonds. The summed E-state index contributed by atoms with van der Waals surface area (Å²) in [5.41, 5.74) is -18.9. The van der Waals surface area contributed by atoms with Crippen LogP contribution < -0.4 is 0 Å². The number of aromatic nitrogens is 4. The molecule has 398 valence electrons. The minimum Gasteiger partial charge on any atom is -0.361 e. The van der Waals surface area contributed by atoms with Crippen molar-refractivity contribution in [3.05, 3.63) is 199 Å². The molecule has 25 heteroatoms. The second kappa shape index (κ2) is 18.6. The van der Waals surface area contributed by atoms with Gasteiger partial charge in [-0.2, -0.15) is 0 Å². The third kappa shape index (κ3) is 7.58. The van der Waals surface area contributed by atoms with E-state index in [2.05, 4.69) is 19.9 Å². The standard InChI is InChI=1S/C53H21F20N5/c54-32-28(33(55)41(63)48(70)40(32)62)24-18-6-7-19(74-18)25(29-34(56)42(64)49(71)43(65)35(29)57)21-9-11-23(76-21)27(31-38(60)46(68)51(73)47(69)39(31)61)53-17-14-78(12-15-4-2-1-3-5-15)13-16(17)52(77-53)26(22-10-8-20(24)75-22)30-36(58)44(66)50(72)45(67)37(30)59/h1-11,16-17,74,77H,12-14H2/t16-,17+. The van der Waals surface area contributed by atoms with Gasteiger partial charge < -0.3 is 9.97 Å². The van der Waals surface area contributed by atoms with Crippen LogP contribution in [0.5, 0.6) is 0 Å². The molecule has 4 aliphatic heterocycles. The number of rotatable bonds is 6. The van der Waals surface area contributed by atoms with Crippen LogP contribution in [0.15, 0.2) is 42.5 Å². The highest BCUT2D eigenvalue weighted by Crippen LogP contribution is 2.53. The van der Waals surface area contributed by atoms with Crippen molar-refractivity contribution in [3.8, 4) is 44.5 Å². The molecule has 1 saturated heterocycles. The molecule has 0 radical (unpaired) electrons. The maximum atomic E-state index is 16.5. The zero-order valence-electron chi connectivity index (χ0n) is 38.0. The van der Waals surface area contributed by atoms with Gasteiger partial charge in [-0.15, -0.1) is 0 Å². The first kappa shape index (κ1) is 51.6. The number of nitrogens with zero attached hydrogens (tertiary/aromatic N) is 3. The fourth-order valence-corrected chi connectivity index (χ4v) is 10.1. The van der Waals surface area contributed by atoms with Crippen molar-refractivity contribution in [1.29, 1.82) is 0 Å². The second-order valence-electron chi connectivity index (χ2n) is 17.8. The Hall–Kier alpha value is -8.48. The van der Waals surface area contributed by atoms with E-state index in [1.807, 2.05) is 0 Å². The number of hydrogen-bond acceptors (Lipinski definition) is 3. The first-order chi connectivity index (χ1) is 37.0. The molecule has 7 aromatic rings. The van der Waals surface area contributed by atoms with Crippen molar-refractivity contribution in [2.75, 3.05) is 13.1 Å². The SMILES string of the molecule is Fc1c(F)c(F)c(-c2c3nc(c(-c4c(F)c(F)c(F)c(F)c4F)c4ccc([nH]4)c(-c4c(F)c(F)c(F)c(F)c4F)c4nc(c(-c5c(F)c(F)c(F)c(F)c5F)c5[nH]c2[C@H]2CN(Cc6ccccc6)C[C@@H]52)C=C4)C=C3)c(F)c1F. The van der Waals surface area contributed by atoms with Crippen LogP contribution in [0.25, 0.3) is 79.8 Å². The van der Waals surface area contributed by atoms with Crippen LogP contribution in [0.3, 0.4) is 0 Å². The topological polar surface area (TPSA) is 60.6 Å². The molecule has 0 saturated carbocycles.